The fourth-order valence-corrected chi connectivity index (χ4v) is 2.47. The van der Waals surface area contributed by atoms with Crippen LogP contribution < -0.4 is 11.1 Å². The molecule has 4 nitrogen and oxygen atoms in total. The van der Waals surface area contributed by atoms with Crippen molar-refractivity contribution in [3.05, 3.63) is 0 Å². The van der Waals surface area contributed by atoms with Crippen LogP contribution in [0.5, 0.6) is 0 Å². The first kappa shape index (κ1) is 12.9. The molecule has 2 unspecified atom stereocenters. The Kier molecular flexibility index (Phi) is 6.17. The Labute approximate surface area is 92.8 Å². The zero-order valence-electron chi connectivity index (χ0n) is 9.78. The number of nitrogens with one attached hydrogen (secondary N) is 1. The van der Waals surface area contributed by atoms with E-state index in [1.807, 2.05) is 7.05 Å². The highest BCUT2D eigenvalue weighted by Gasteiger charge is 2.25. The van der Waals surface area contributed by atoms with Gasteiger partial charge in [-0.1, -0.05) is 0 Å². The molecule has 0 bridgehead atoms. The molecular weight excluding hydrogens is 190 g/mol. The molecule has 1 saturated heterocycles. The second-order valence-corrected chi connectivity index (χ2v) is 4.50. The molecule has 90 valence electrons. The minimum atomic E-state index is 0.317. The molecule has 0 amide bonds. The van der Waals surface area contributed by atoms with Gasteiger partial charge in [-0.3, -0.25) is 0 Å². The Bertz CT molecular complexity index is 166. The van der Waals surface area contributed by atoms with Crippen LogP contribution in [-0.2, 0) is 0 Å². The van der Waals surface area contributed by atoms with Gasteiger partial charge in [0.05, 0.1) is 0 Å². The number of likely N-dealkylation sites (tertiary alicyclic amines) is 1. The van der Waals surface area contributed by atoms with Gasteiger partial charge in [0, 0.05) is 38.8 Å². The summed E-state index contributed by atoms with van der Waals surface area (Å²) in [5, 5.41) is 12.2. The van der Waals surface area contributed by atoms with Gasteiger partial charge in [0.1, 0.15) is 0 Å². The van der Waals surface area contributed by atoms with E-state index in [9.17, 15) is 0 Å². The summed E-state index contributed by atoms with van der Waals surface area (Å²) in [6.07, 6.45) is 3.30. The maximum absolute atomic E-state index is 8.84. The van der Waals surface area contributed by atoms with Gasteiger partial charge in [-0.2, -0.15) is 0 Å². The smallest absolute Gasteiger partial charge is 0.0431 e. The SMILES string of the molecule is CNC1CC(CCCO)CN(CCN)C1. The van der Waals surface area contributed by atoms with E-state index in [-0.39, 0.29) is 0 Å². The average Bonchev–Trinajstić information content (AvgIpc) is 2.26. The number of piperidine rings is 1. The number of aliphatic hydroxyl groups is 1. The van der Waals surface area contributed by atoms with Crippen molar-refractivity contribution in [2.75, 3.05) is 39.8 Å². The lowest BCUT2D eigenvalue weighted by Gasteiger charge is -2.37. The van der Waals surface area contributed by atoms with Crippen molar-refractivity contribution in [2.24, 2.45) is 11.7 Å². The number of nitrogens with zero attached hydrogens (tertiary/aromatic N) is 1. The predicted molar refractivity (Wildman–Crippen MR) is 62.8 cm³/mol. The highest BCUT2D eigenvalue weighted by Crippen LogP contribution is 2.20. The Morgan fingerprint density at radius 2 is 2.27 bits per heavy atom. The molecule has 0 saturated carbocycles. The lowest BCUT2D eigenvalue weighted by atomic mass is 9.90. The van der Waals surface area contributed by atoms with Crippen molar-refractivity contribution in [1.29, 1.82) is 0 Å². The number of hydrogen-bond donors (Lipinski definition) is 3. The highest BCUT2D eigenvalue weighted by molar-refractivity contribution is 4.82. The van der Waals surface area contributed by atoms with Gasteiger partial charge < -0.3 is 21.1 Å². The Morgan fingerprint density at radius 3 is 2.87 bits per heavy atom. The minimum Gasteiger partial charge on any atom is -0.396 e. The third-order valence-electron chi connectivity index (χ3n) is 3.24. The lowest BCUT2D eigenvalue weighted by molar-refractivity contribution is 0.136. The van der Waals surface area contributed by atoms with Gasteiger partial charge in [-0.05, 0) is 32.2 Å². The maximum atomic E-state index is 8.84. The molecule has 2 atom stereocenters. The van der Waals surface area contributed by atoms with Crippen molar-refractivity contribution in [1.82, 2.24) is 10.2 Å². The number of rotatable bonds is 6. The predicted octanol–water partition coefficient (Wildman–Crippen LogP) is -0.372. The molecule has 0 aromatic heterocycles. The first-order valence-electron chi connectivity index (χ1n) is 6.00. The van der Waals surface area contributed by atoms with E-state index in [0.717, 1.165) is 44.9 Å². The zero-order chi connectivity index (χ0) is 11.1. The van der Waals surface area contributed by atoms with Crippen molar-refractivity contribution < 1.29 is 5.11 Å². The Morgan fingerprint density at radius 1 is 1.47 bits per heavy atom. The van der Waals surface area contributed by atoms with E-state index in [4.69, 9.17) is 10.8 Å². The topological polar surface area (TPSA) is 61.5 Å². The number of aliphatic hydroxyl groups excluding tert-OH is 1. The van der Waals surface area contributed by atoms with Crippen molar-refractivity contribution in [2.45, 2.75) is 25.3 Å². The van der Waals surface area contributed by atoms with Crippen LogP contribution in [0.25, 0.3) is 0 Å². The van der Waals surface area contributed by atoms with E-state index in [1.54, 1.807) is 0 Å². The summed E-state index contributed by atoms with van der Waals surface area (Å²) in [6.45, 7) is 4.31. The van der Waals surface area contributed by atoms with Crippen LogP contribution in [-0.4, -0.2) is 55.9 Å². The molecule has 1 aliphatic rings. The molecule has 0 aromatic carbocycles. The number of nitrogens with two attached hydrogens (primary N) is 1. The van der Waals surface area contributed by atoms with Gasteiger partial charge in [-0.15, -0.1) is 0 Å². The number of hydrogen-bond acceptors (Lipinski definition) is 4. The summed E-state index contributed by atoms with van der Waals surface area (Å²) in [5.74, 6) is 0.717. The van der Waals surface area contributed by atoms with Crippen molar-refractivity contribution in [3.63, 3.8) is 0 Å². The molecule has 1 rings (SSSR count). The monoisotopic (exact) mass is 215 g/mol. The first-order valence-corrected chi connectivity index (χ1v) is 6.00. The minimum absolute atomic E-state index is 0.317. The standard InChI is InChI=1S/C11H25N3O/c1-13-11-7-10(3-2-6-15)8-14(9-11)5-4-12/h10-11,13,15H,2-9,12H2,1H3. The summed E-state index contributed by atoms with van der Waals surface area (Å²) in [5.41, 5.74) is 5.59. The largest absolute Gasteiger partial charge is 0.396 e. The fraction of sp³-hybridized carbons (Fsp3) is 1.00. The van der Waals surface area contributed by atoms with Crippen molar-refractivity contribution >= 4 is 0 Å². The first-order chi connectivity index (χ1) is 7.30. The van der Waals surface area contributed by atoms with E-state index in [1.165, 1.54) is 6.42 Å². The molecule has 0 aromatic rings. The molecule has 15 heavy (non-hydrogen) atoms. The maximum Gasteiger partial charge on any atom is 0.0431 e. The molecule has 4 heteroatoms. The quantitative estimate of drug-likeness (QED) is 0.566. The van der Waals surface area contributed by atoms with Crippen LogP contribution in [0, 0.1) is 5.92 Å². The van der Waals surface area contributed by atoms with E-state index in [0.29, 0.717) is 12.6 Å². The second kappa shape index (κ2) is 7.17. The third-order valence-corrected chi connectivity index (χ3v) is 3.24. The van der Waals surface area contributed by atoms with Gasteiger partial charge in [0.15, 0.2) is 0 Å². The van der Waals surface area contributed by atoms with Gasteiger partial charge >= 0.3 is 0 Å². The normalized spacial score (nSPS) is 28.2. The second-order valence-electron chi connectivity index (χ2n) is 4.50. The summed E-state index contributed by atoms with van der Waals surface area (Å²) >= 11 is 0. The van der Waals surface area contributed by atoms with Crippen molar-refractivity contribution in [3.8, 4) is 0 Å². The molecule has 1 aliphatic heterocycles. The summed E-state index contributed by atoms with van der Waals surface area (Å²) in [7, 11) is 2.03. The van der Waals surface area contributed by atoms with Crippen LogP contribution in [0.15, 0.2) is 0 Å². The lowest BCUT2D eigenvalue weighted by Crippen LogP contribution is -2.49. The summed E-state index contributed by atoms with van der Waals surface area (Å²) in [4.78, 5) is 2.44. The molecule has 1 heterocycles. The van der Waals surface area contributed by atoms with Crippen LogP contribution in [0.4, 0.5) is 0 Å². The van der Waals surface area contributed by atoms with E-state index >= 15 is 0 Å². The molecule has 0 spiro atoms. The number of likely N-dealkylation sites (N-methyl/N-ethyl adjacent to an activating group) is 1. The molecule has 0 radical (unpaired) electrons. The zero-order valence-corrected chi connectivity index (χ0v) is 9.78. The average molecular weight is 215 g/mol. The van der Waals surface area contributed by atoms with E-state index in [2.05, 4.69) is 10.2 Å². The van der Waals surface area contributed by atoms with Gasteiger partial charge in [0.2, 0.25) is 0 Å². The molecule has 4 N–H and O–H groups in total. The highest BCUT2D eigenvalue weighted by atomic mass is 16.2. The third kappa shape index (κ3) is 4.47. The van der Waals surface area contributed by atoms with Gasteiger partial charge in [-0.25, -0.2) is 0 Å². The molecule has 1 fully saturated rings. The fourth-order valence-electron chi connectivity index (χ4n) is 2.47. The Hall–Kier alpha value is -0.160. The van der Waals surface area contributed by atoms with Crippen LogP contribution in [0.3, 0.4) is 0 Å². The molecular formula is C11H25N3O. The molecule has 0 aliphatic carbocycles. The van der Waals surface area contributed by atoms with Crippen LogP contribution in [0.2, 0.25) is 0 Å². The van der Waals surface area contributed by atoms with Crippen LogP contribution in [0.1, 0.15) is 19.3 Å². The van der Waals surface area contributed by atoms with Gasteiger partial charge in [0.25, 0.3) is 0 Å². The van der Waals surface area contributed by atoms with Crippen LogP contribution >= 0.6 is 0 Å². The summed E-state index contributed by atoms with van der Waals surface area (Å²) < 4.78 is 0. The summed E-state index contributed by atoms with van der Waals surface area (Å²) in [6, 6.07) is 0.592. The Balaban J connectivity index is 2.36. The van der Waals surface area contributed by atoms with E-state index < -0.39 is 0 Å².